The van der Waals surface area contributed by atoms with E-state index in [0.29, 0.717) is 65.6 Å². The van der Waals surface area contributed by atoms with Gasteiger partial charge in [0.2, 0.25) is 0 Å². The minimum absolute atomic E-state index is 0.241. The van der Waals surface area contributed by atoms with E-state index >= 15 is 0 Å². The SMILES string of the molecule is COC(=O)N[C@@H](C(=O)N1CCC[C@H]1c1ncc(-c2ccc(-c3cc4cc(-c5cnc([C@@H]6CCCN6C(=O)[C@H](NC(=O)OC)c6ccccc6)[nH]5)ccc4o3)c(C=N)c2)[nH]1)c1ccccc1. The van der Waals surface area contributed by atoms with Crippen LogP contribution in [0.4, 0.5) is 9.59 Å². The lowest BCUT2D eigenvalue weighted by molar-refractivity contribution is -0.135. The zero-order valence-electron chi connectivity index (χ0n) is 35.7. The summed E-state index contributed by atoms with van der Waals surface area (Å²) in [4.78, 5) is 72.3. The molecule has 7 aromatic rings. The summed E-state index contributed by atoms with van der Waals surface area (Å²) in [7, 11) is 2.54. The molecule has 5 N–H and O–H groups in total. The van der Waals surface area contributed by atoms with Crippen molar-refractivity contribution in [1.29, 1.82) is 5.41 Å². The molecule has 2 saturated heterocycles. The Hall–Kier alpha value is -8.01. The van der Waals surface area contributed by atoms with E-state index in [1.165, 1.54) is 20.4 Å². The lowest BCUT2D eigenvalue weighted by Crippen LogP contribution is -2.42. The van der Waals surface area contributed by atoms with E-state index < -0.39 is 24.3 Å². The van der Waals surface area contributed by atoms with Crippen molar-refractivity contribution in [3.8, 4) is 33.8 Å². The molecule has 0 aliphatic carbocycles. The van der Waals surface area contributed by atoms with Gasteiger partial charge in [-0.3, -0.25) is 9.59 Å². The molecule has 0 unspecified atom stereocenters. The Balaban J connectivity index is 0.915. The average Bonchev–Trinajstić information content (AvgIpc) is 4.21. The van der Waals surface area contributed by atoms with Crippen LogP contribution in [0.15, 0.2) is 120 Å². The van der Waals surface area contributed by atoms with E-state index in [9.17, 15) is 19.2 Å². The van der Waals surface area contributed by atoms with Crippen molar-refractivity contribution in [2.45, 2.75) is 49.9 Å². The van der Waals surface area contributed by atoms with Gasteiger partial charge in [-0.05, 0) is 73.2 Å². The van der Waals surface area contributed by atoms with Gasteiger partial charge in [-0.25, -0.2) is 19.6 Å². The predicted molar refractivity (Wildman–Crippen MR) is 242 cm³/mol. The molecular weight excluding hydrogens is 827 g/mol. The van der Waals surface area contributed by atoms with Gasteiger partial charge in [-0.15, -0.1) is 0 Å². The summed E-state index contributed by atoms with van der Waals surface area (Å²) >= 11 is 0. The van der Waals surface area contributed by atoms with Crippen LogP contribution in [0.25, 0.3) is 44.8 Å². The van der Waals surface area contributed by atoms with Gasteiger partial charge in [0.25, 0.3) is 11.8 Å². The highest BCUT2D eigenvalue weighted by Gasteiger charge is 2.38. The molecule has 2 aliphatic heterocycles. The number of methoxy groups -OCH3 is 2. The number of furan rings is 1. The maximum atomic E-state index is 14.0. The fourth-order valence-corrected chi connectivity index (χ4v) is 8.90. The molecule has 2 aliphatic rings. The van der Waals surface area contributed by atoms with Crippen LogP contribution in [0, 0.1) is 5.41 Å². The van der Waals surface area contributed by atoms with E-state index in [0.717, 1.165) is 46.3 Å². The van der Waals surface area contributed by atoms with Crippen molar-refractivity contribution in [1.82, 2.24) is 40.4 Å². The smallest absolute Gasteiger partial charge is 0.407 e. The summed E-state index contributed by atoms with van der Waals surface area (Å²) in [5.74, 6) is 1.39. The number of aromatic nitrogens is 4. The number of carbonyl (C=O) groups excluding carboxylic acids is 4. The first-order valence-electron chi connectivity index (χ1n) is 21.4. The van der Waals surface area contributed by atoms with Crippen LogP contribution in [0.3, 0.4) is 0 Å². The number of nitrogens with zero attached hydrogens (tertiary/aromatic N) is 4. The summed E-state index contributed by atoms with van der Waals surface area (Å²) in [6.07, 6.45) is 6.38. The van der Waals surface area contributed by atoms with Gasteiger partial charge in [0, 0.05) is 46.9 Å². The molecule has 4 aromatic carbocycles. The van der Waals surface area contributed by atoms with Gasteiger partial charge in [0.05, 0.1) is 50.1 Å². The lowest BCUT2D eigenvalue weighted by Gasteiger charge is -2.28. The third-order valence-corrected chi connectivity index (χ3v) is 12.2. The molecular formula is C49H47N9O7. The molecule has 5 heterocycles. The van der Waals surface area contributed by atoms with E-state index in [2.05, 4.69) is 20.6 Å². The van der Waals surface area contributed by atoms with Gasteiger partial charge >= 0.3 is 12.2 Å². The van der Waals surface area contributed by atoms with Crippen LogP contribution in [0.1, 0.15) is 78.2 Å². The number of likely N-dealkylation sites (tertiary alicyclic amines) is 2. The minimum Gasteiger partial charge on any atom is -0.456 e. The third-order valence-electron chi connectivity index (χ3n) is 12.2. The van der Waals surface area contributed by atoms with Crippen LogP contribution in [-0.2, 0) is 19.1 Å². The number of fused-ring (bicyclic) bond motifs is 1. The van der Waals surface area contributed by atoms with Crippen LogP contribution < -0.4 is 10.6 Å². The molecule has 16 nitrogen and oxygen atoms in total. The van der Waals surface area contributed by atoms with Crippen LogP contribution >= 0.6 is 0 Å². The lowest BCUT2D eigenvalue weighted by atomic mass is 10.0. The first-order valence-corrected chi connectivity index (χ1v) is 21.4. The highest BCUT2D eigenvalue weighted by molar-refractivity contribution is 5.94. The van der Waals surface area contributed by atoms with E-state index in [-0.39, 0.29) is 23.9 Å². The van der Waals surface area contributed by atoms with E-state index in [1.807, 2.05) is 78.9 Å². The standard InChI is InChI=1S/C49H47N9O7/c1-63-48(61)55-42(29-11-5-3-6-12-29)46(59)57-21-9-15-38(57)44-51-27-36(53-44)31-17-19-35(34(24-31)26-50)41-25-33-23-32(18-20-40(33)65-41)37-28-52-45(54-37)39-16-10-22-58(39)47(60)43(56-49(62)64-2)30-13-7-4-8-14-30/h3-8,11-14,17-20,23-28,38-39,42-43,50H,9-10,15-16,21-22H2,1-2H3,(H,51,53)(H,52,54)(H,55,61)(H,56,62)/t38-,39-,42+,43+/m0/s1. The Bertz CT molecular complexity index is 2870. The fourth-order valence-electron chi connectivity index (χ4n) is 8.90. The first kappa shape index (κ1) is 42.3. The van der Waals surface area contributed by atoms with Crippen molar-refractivity contribution < 1.29 is 33.1 Å². The molecule has 0 radical (unpaired) electrons. The number of carbonyl (C=O) groups is 4. The molecule has 65 heavy (non-hydrogen) atoms. The third kappa shape index (κ3) is 8.57. The number of imidazole rings is 2. The largest absolute Gasteiger partial charge is 0.456 e. The first-order chi connectivity index (χ1) is 31.7. The Morgan fingerprint density at radius 2 is 1.22 bits per heavy atom. The predicted octanol–water partition coefficient (Wildman–Crippen LogP) is 8.40. The number of aromatic amines is 2. The zero-order valence-corrected chi connectivity index (χ0v) is 35.7. The maximum absolute atomic E-state index is 14.0. The second kappa shape index (κ2) is 18.4. The highest BCUT2D eigenvalue weighted by Crippen LogP contribution is 2.38. The van der Waals surface area contributed by atoms with Crippen molar-refractivity contribution in [3.63, 3.8) is 0 Å². The number of benzene rings is 4. The average molecular weight is 874 g/mol. The summed E-state index contributed by atoms with van der Waals surface area (Å²) < 4.78 is 16.0. The summed E-state index contributed by atoms with van der Waals surface area (Å²) in [5, 5.41) is 14.6. The van der Waals surface area contributed by atoms with Gasteiger partial charge in [0.15, 0.2) is 0 Å². The topological polar surface area (TPSA) is 212 Å². The van der Waals surface area contributed by atoms with Crippen LogP contribution in [0.2, 0.25) is 0 Å². The molecule has 9 rings (SSSR count). The van der Waals surface area contributed by atoms with Crippen LogP contribution in [0.5, 0.6) is 0 Å². The number of H-pyrrole nitrogens is 2. The molecule has 330 valence electrons. The van der Waals surface area contributed by atoms with E-state index in [4.69, 9.17) is 29.3 Å². The number of amides is 4. The Kier molecular flexibility index (Phi) is 12.0. The summed E-state index contributed by atoms with van der Waals surface area (Å²) in [6, 6.07) is 29.3. The van der Waals surface area contributed by atoms with Gasteiger partial charge < -0.3 is 49.7 Å². The van der Waals surface area contributed by atoms with Crippen molar-refractivity contribution in [2.24, 2.45) is 0 Å². The number of hydrogen-bond acceptors (Lipinski definition) is 10. The second-order valence-electron chi connectivity index (χ2n) is 16.0. The molecule has 4 amide bonds. The molecule has 0 saturated carbocycles. The molecule has 4 atom stereocenters. The molecule has 0 bridgehead atoms. The normalized spacial score (nSPS) is 16.8. The molecule has 0 spiro atoms. The van der Waals surface area contributed by atoms with E-state index in [1.54, 1.807) is 46.5 Å². The monoisotopic (exact) mass is 873 g/mol. The fraction of sp³-hybridized carbons (Fsp3) is 0.245. The van der Waals surface area contributed by atoms with Crippen molar-refractivity contribution >= 4 is 41.2 Å². The molecule has 16 heteroatoms. The van der Waals surface area contributed by atoms with Crippen molar-refractivity contribution in [2.75, 3.05) is 27.3 Å². The second-order valence-corrected chi connectivity index (χ2v) is 16.0. The number of ether oxygens (including phenoxy) is 2. The summed E-state index contributed by atoms with van der Waals surface area (Å²) in [6.45, 7) is 1.03. The Labute approximate surface area is 373 Å². The van der Waals surface area contributed by atoms with Crippen LogP contribution in [-0.4, -0.2) is 87.3 Å². The molecule has 2 fully saturated rings. The van der Waals surface area contributed by atoms with Gasteiger partial charge in [0.1, 0.15) is 35.1 Å². The number of nitrogens with one attached hydrogen (secondary N) is 5. The van der Waals surface area contributed by atoms with Crippen molar-refractivity contribution in [3.05, 3.63) is 144 Å². The maximum Gasteiger partial charge on any atom is 0.407 e. The minimum atomic E-state index is -0.921. The highest BCUT2D eigenvalue weighted by atomic mass is 16.5. The zero-order chi connectivity index (χ0) is 45.0. The number of alkyl carbamates (subject to hydrolysis) is 2. The number of rotatable bonds is 12. The molecule has 3 aromatic heterocycles. The quantitative estimate of drug-likeness (QED) is 0.0745. The Morgan fingerprint density at radius 1 is 0.708 bits per heavy atom. The number of hydrogen-bond donors (Lipinski definition) is 5. The van der Waals surface area contributed by atoms with Gasteiger partial charge in [-0.2, -0.15) is 0 Å². The van der Waals surface area contributed by atoms with Gasteiger partial charge in [-0.1, -0.05) is 66.7 Å². The summed E-state index contributed by atoms with van der Waals surface area (Å²) in [5.41, 5.74) is 6.55. The Morgan fingerprint density at radius 3 is 1.72 bits per heavy atom.